The molecule has 0 spiro atoms. The highest BCUT2D eigenvalue weighted by Gasteiger charge is 2.08. The molecular weight excluding hydrogens is 264 g/mol. The van der Waals surface area contributed by atoms with Crippen molar-refractivity contribution in [2.24, 2.45) is 5.92 Å². The maximum Gasteiger partial charge on any atom is 0.259 e. The Labute approximate surface area is 107 Å². The van der Waals surface area contributed by atoms with E-state index in [1.54, 1.807) is 19.9 Å². The molecule has 7 heteroatoms. The minimum Gasteiger partial charge on any atom is -0.326 e. The number of amides is 1. The third kappa shape index (κ3) is 4.72. The molecule has 0 aliphatic heterocycles. The number of anilines is 2. The molecule has 0 heterocycles. The molecule has 0 saturated heterocycles. The van der Waals surface area contributed by atoms with Crippen molar-refractivity contribution in [3.05, 3.63) is 23.2 Å². The van der Waals surface area contributed by atoms with Crippen molar-refractivity contribution in [1.82, 2.24) is 0 Å². The minimum absolute atomic E-state index is 0.150. The Morgan fingerprint density at radius 3 is 2.47 bits per heavy atom. The van der Waals surface area contributed by atoms with Crippen LogP contribution in [0.3, 0.4) is 0 Å². The van der Waals surface area contributed by atoms with Crippen LogP contribution in [0.15, 0.2) is 18.2 Å². The summed E-state index contributed by atoms with van der Waals surface area (Å²) in [5.41, 5.74) is 0.835. The van der Waals surface area contributed by atoms with E-state index in [9.17, 15) is 9.00 Å². The van der Waals surface area contributed by atoms with Gasteiger partial charge in [0.05, 0.1) is 5.69 Å². The Bertz CT molecular complexity index is 451. The summed E-state index contributed by atoms with van der Waals surface area (Å²) < 4.78 is 21.6. The van der Waals surface area contributed by atoms with Crippen LogP contribution in [0.5, 0.6) is 0 Å². The number of halogens is 1. The summed E-state index contributed by atoms with van der Waals surface area (Å²) in [6, 6.07) is 4.58. The van der Waals surface area contributed by atoms with Crippen molar-refractivity contribution in [1.29, 1.82) is 0 Å². The Kier molecular flexibility index (Phi) is 4.92. The van der Waals surface area contributed by atoms with E-state index in [4.69, 9.17) is 16.2 Å². The summed E-state index contributed by atoms with van der Waals surface area (Å²) in [7, 11) is 0. The molecule has 1 aromatic rings. The second-order valence-corrected chi connectivity index (χ2v) is 4.86. The Balaban J connectivity index is 2.89. The number of hydrogen-bond donors (Lipinski definition) is 3. The summed E-state index contributed by atoms with van der Waals surface area (Å²) in [4.78, 5) is 11.5. The van der Waals surface area contributed by atoms with Crippen molar-refractivity contribution < 1.29 is 13.6 Å². The fourth-order valence-electron chi connectivity index (χ4n) is 1.11. The quantitative estimate of drug-likeness (QED) is 0.739. The number of nitrogens with one attached hydrogen (secondary N) is 2. The van der Waals surface area contributed by atoms with Gasteiger partial charge >= 0.3 is 0 Å². The molecule has 5 nitrogen and oxygen atoms in total. The fourth-order valence-corrected chi connectivity index (χ4v) is 1.66. The van der Waals surface area contributed by atoms with Gasteiger partial charge in [0, 0.05) is 16.6 Å². The lowest BCUT2D eigenvalue weighted by molar-refractivity contribution is -0.118. The molecule has 0 bridgehead atoms. The highest BCUT2D eigenvalue weighted by Crippen LogP contribution is 2.23. The smallest absolute Gasteiger partial charge is 0.259 e. The van der Waals surface area contributed by atoms with Gasteiger partial charge in [-0.1, -0.05) is 25.4 Å². The standard InChI is InChI=1S/C10H13ClN2O3S/c1-6(2)10(14)12-8-3-7(11)4-9(5-8)13-17(15)16/h3-6,13H,1-2H3,(H,12,14)(H,15,16). The van der Waals surface area contributed by atoms with Crippen LogP contribution < -0.4 is 10.0 Å². The van der Waals surface area contributed by atoms with Gasteiger partial charge in [0.1, 0.15) is 0 Å². The SMILES string of the molecule is CC(C)C(=O)Nc1cc(Cl)cc(NS(=O)O)c1. The van der Waals surface area contributed by atoms with E-state index < -0.39 is 11.3 Å². The molecule has 17 heavy (non-hydrogen) atoms. The molecule has 0 fully saturated rings. The first-order chi connectivity index (χ1) is 7.88. The lowest BCUT2D eigenvalue weighted by atomic mass is 10.2. The second kappa shape index (κ2) is 6.00. The Morgan fingerprint density at radius 2 is 1.94 bits per heavy atom. The van der Waals surface area contributed by atoms with Gasteiger partial charge in [0.25, 0.3) is 11.3 Å². The Morgan fingerprint density at radius 1 is 1.35 bits per heavy atom. The van der Waals surface area contributed by atoms with Crippen LogP contribution in [0, 0.1) is 5.92 Å². The highest BCUT2D eigenvalue weighted by atomic mass is 35.5. The van der Waals surface area contributed by atoms with E-state index in [2.05, 4.69) is 10.0 Å². The zero-order chi connectivity index (χ0) is 13.0. The summed E-state index contributed by atoms with van der Waals surface area (Å²) >= 11 is 3.65. The predicted molar refractivity (Wildman–Crippen MR) is 69.3 cm³/mol. The maximum atomic E-state index is 11.5. The van der Waals surface area contributed by atoms with Crippen molar-refractivity contribution >= 4 is 40.1 Å². The van der Waals surface area contributed by atoms with Crippen LogP contribution in [-0.2, 0) is 16.1 Å². The topological polar surface area (TPSA) is 78.4 Å². The van der Waals surface area contributed by atoms with Crippen molar-refractivity contribution in [2.75, 3.05) is 10.0 Å². The summed E-state index contributed by atoms with van der Waals surface area (Å²) in [5.74, 6) is -0.305. The number of carbonyl (C=O) groups is 1. The number of benzene rings is 1. The molecule has 1 atom stereocenters. The molecule has 1 amide bonds. The van der Waals surface area contributed by atoms with Crippen LogP contribution in [0.25, 0.3) is 0 Å². The van der Waals surface area contributed by atoms with Crippen molar-refractivity contribution in [2.45, 2.75) is 13.8 Å². The van der Waals surface area contributed by atoms with Gasteiger partial charge in [0.15, 0.2) is 0 Å². The molecule has 1 unspecified atom stereocenters. The van der Waals surface area contributed by atoms with Crippen LogP contribution >= 0.6 is 11.6 Å². The lowest BCUT2D eigenvalue weighted by Crippen LogP contribution is -2.17. The van der Waals surface area contributed by atoms with Gasteiger partial charge in [-0.2, -0.15) is 0 Å². The molecule has 0 aromatic heterocycles. The molecule has 0 radical (unpaired) electrons. The summed E-state index contributed by atoms with van der Waals surface area (Å²) in [5, 5.41) is 3.01. The number of hydrogen-bond acceptors (Lipinski definition) is 2. The van der Waals surface area contributed by atoms with E-state index in [-0.39, 0.29) is 11.8 Å². The fraction of sp³-hybridized carbons (Fsp3) is 0.300. The minimum atomic E-state index is -2.18. The first kappa shape index (κ1) is 14.0. The Hall–Kier alpha value is -1.11. The summed E-state index contributed by atoms with van der Waals surface area (Å²) in [6.45, 7) is 3.53. The first-order valence-corrected chi connectivity index (χ1v) is 6.36. The third-order valence-corrected chi connectivity index (χ3v) is 2.52. The van der Waals surface area contributed by atoms with Gasteiger partial charge < -0.3 is 5.32 Å². The van der Waals surface area contributed by atoms with E-state index in [1.165, 1.54) is 12.1 Å². The van der Waals surface area contributed by atoms with Crippen LogP contribution in [0.2, 0.25) is 5.02 Å². The van der Waals surface area contributed by atoms with Gasteiger partial charge in [-0.3, -0.25) is 14.1 Å². The molecule has 0 aliphatic rings. The third-order valence-electron chi connectivity index (χ3n) is 1.89. The van der Waals surface area contributed by atoms with E-state index in [0.29, 0.717) is 16.4 Å². The number of carbonyl (C=O) groups excluding carboxylic acids is 1. The van der Waals surface area contributed by atoms with Crippen LogP contribution in [0.4, 0.5) is 11.4 Å². The van der Waals surface area contributed by atoms with E-state index in [0.717, 1.165) is 0 Å². The van der Waals surface area contributed by atoms with Gasteiger partial charge in [-0.15, -0.1) is 0 Å². The van der Waals surface area contributed by atoms with Crippen LogP contribution in [-0.4, -0.2) is 14.7 Å². The average Bonchev–Trinajstić information content (AvgIpc) is 2.14. The van der Waals surface area contributed by atoms with Gasteiger partial charge in [-0.05, 0) is 18.2 Å². The van der Waals surface area contributed by atoms with Gasteiger partial charge in [0.2, 0.25) is 5.91 Å². The van der Waals surface area contributed by atoms with E-state index in [1.807, 2.05) is 0 Å². The molecule has 1 rings (SSSR count). The second-order valence-electron chi connectivity index (χ2n) is 3.72. The maximum absolute atomic E-state index is 11.5. The first-order valence-electron chi connectivity index (χ1n) is 4.87. The van der Waals surface area contributed by atoms with Gasteiger partial charge in [-0.25, -0.2) is 4.21 Å². The molecule has 1 aromatic carbocycles. The largest absolute Gasteiger partial charge is 0.326 e. The zero-order valence-corrected chi connectivity index (χ0v) is 10.9. The molecule has 94 valence electrons. The number of rotatable bonds is 4. The average molecular weight is 277 g/mol. The molecule has 3 N–H and O–H groups in total. The lowest BCUT2D eigenvalue weighted by Gasteiger charge is -2.10. The van der Waals surface area contributed by atoms with Crippen LogP contribution in [0.1, 0.15) is 13.8 Å². The predicted octanol–water partition coefficient (Wildman–Crippen LogP) is 2.48. The van der Waals surface area contributed by atoms with Crippen molar-refractivity contribution in [3.8, 4) is 0 Å². The molecular formula is C10H13ClN2O3S. The monoisotopic (exact) mass is 276 g/mol. The van der Waals surface area contributed by atoms with Crippen molar-refractivity contribution in [3.63, 3.8) is 0 Å². The highest BCUT2D eigenvalue weighted by molar-refractivity contribution is 7.80. The summed E-state index contributed by atoms with van der Waals surface area (Å²) in [6.07, 6.45) is 0. The molecule has 0 saturated carbocycles. The normalized spacial score (nSPS) is 12.3. The molecule has 0 aliphatic carbocycles. The zero-order valence-electron chi connectivity index (χ0n) is 9.36. The van der Waals surface area contributed by atoms with E-state index >= 15 is 0 Å².